The summed E-state index contributed by atoms with van der Waals surface area (Å²) in [4.78, 5) is 25.2. The molecule has 1 rings (SSSR count). The van der Waals surface area contributed by atoms with E-state index >= 15 is 0 Å². The number of sulfone groups is 1. The highest BCUT2D eigenvalue weighted by Gasteiger charge is 2.35. The minimum atomic E-state index is -3.08. The molecule has 0 aliphatic carbocycles. The lowest BCUT2D eigenvalue weighted by molar-refractivity contribution is -0.147. The first-order chi connectivity index (χ1) is 9.91. The Morgan fingerprint density at radius 1 is 1.33 bits per heavy atom. The highest BCUT2D eigenvalue weighted by molar-refractivity contribution is 7.91. The first kappa shape index (κ1) is 17.9. The summed E-state index contributed by atoms with van der Waals surface area (Å²) >= 11 is 0. The SMILES string of the molecule is CCOCCCNC(=O)C(=O)N(CC)C1CCS(=O)(=O)C1. The van der Waals surface area contributed by atoms with Crippen molar-refractivity contribution in [2.24, 2.45) is 0 Å². The molecule has 0 radical (unpaired) electrons. The van der Waals surface area contributed by atoms with Crippen LogP contribution in [0.25, 0.3) is 0 Å². The topological polar surface area (TPSA) is 92.8 Å². The number of carbonyl (C=O) groups is 2. The molecule has 1 fully saturated rings. The van der Waals surface area contributed by atoms with Gasteiger partial charge in [0.1, 0.15) is 0 Å². The molecule has 1 aliphatic heterocycles. The number of carbonyl (C=O) groups excluding carboxylic acids is 2. The highest BCUT2D eigenvalue weighted by Crippen LogP contribution is 2.17. The van der Waals surface area contributed by atoms with Crippen LogP contribution in [0.15, 0.2) is 0 Å². The van der Waals surface area contributed by atoms with Crippen LogP contribution in [-0.2, 0) is 24.2 Å². The normalized spacial score (nSPS) is 20.2. The summed E-state index contributed by atoms with van der Waals surface area (Å²) in [6.07, 6.45) is 1.04. The Kier molecular flexibility index (Phi) is 7.10. The van der Waals surface area contributed by atoms with E-state index in [0.717, 1.165) is 0 Å². The van der Waals surface area contributed by atoms with E-state index in [1.807, 2.05) is 6.92 Å². The molecule has 1 aliphatic rings. The van der Waals surface area contributed by atoms with Gasteiger partial charge in [0, 0.05) is 32.3 Å². The van der Waals surface area contributed by atoms with Crippen molar-refractivity contribution in [2.45, 2.75) is 32.7 Å². The molecule has 7 nitrogen and oxygen atoms in total. The van der Waals surface area contributed by atoms with Crippen molar-refractivity contribution in [1.82, 2.24) is 10.2 Å². The van der Waals surface area contributed by atoms with Gasteiger partial charge in [-0.2, -0.15) is 0 Å². The van der Waals surface area contributed by atoms with Crippen molar-refractivity contribution >= 4 is 21.7 Å². The summed E-state index contributed by atoms with van der Waals surface area (Å²) in [5.41, 5.74) is 0. The van der Waals surface area contributed by atoms with Crippen molar-refractivity contribution in [2.75, 3.05) is 37.8 Å². The van der Waals surface area contributed by atoms with E-state index in [-0.39, 0.29) is 17.5 Å². The third kappa shape index (κ3) is 5.62. The first-order valence-corrected chi connectivity index (χ1v) is 9.10. The fourth-order valence-corrected chi connectivity index (χ4v) is 4.05. The van der Waals surface area contributed by atoms with Crippen molar-refractivity contribution in [3.8, 4) is 0 Å². The minimum Gasteiger partial charge on any atom is -0.382 e. The molecule has 8 heteroatoms. The Labute approximate surface area is 125 Å². The van der Waals surface area contributed by atoms with E-state index in [9.17, 15) is 18.0 Å². The van der Waals surface area contributed by atoms with E-state index in [0.29, 0.717) is 39.1 Å². The van der Waals surface area contributed by atoms with Gasteiger partial charge >= 0.3 is 11.8 Å². The predicted octanol–water partition coefficient (Wildman–Crippen LogP) is -0.435. The van der Waals surface area contributed by atoms with Crippen LogP contribution >= 0.6 is 0 Å². The molecule has 0 bridgehead atoms. The van der Waals surface area contributed by atoms with Gasteiger partial charge in [-0.15, -0.1) is 0 Å². The molecule has 122 valence electrons. The van der Waals surface area contributed by atoms with E-state index in [1.54, 1.807) is 6.92 Å². The second-order valence-electron chi connectivity index (χ2n) is 4.95. The lowest BCUT2D eigenvalue weighted by Crippen LogP contribution is -2.48. The summed E-state index contributed by atoms with van der Waals surface area (Å²) < 4.78 is 28.1. The van der Waals surface area contributed by atoms with Gasteiger partial charge < -0.3 is 15.0 Å². The number of nitrogens with zero attached hydrogens (tertiary/aromatic N) is 1. The molecule has 0 saturated carbocycles. The molecule has 1 N–H and O–H groups in total. The quantitative estimate of drug-likeness (QED) is 0.507. The van der Waals surface area contributed by atoms with Crippen LogP contribution in [0, 0.1) is 0 Å². The number of ether oxygens (including phenoxy) is 1. The lowest BCUT2D eigenvalue weighted by atomic mass is 10.2. The number of likely N-dealkylation sites (N-methyl/N-ethyl adjacent to an activating group) is 1. The Balaban J connectivity index is 2.45. The molecule has 0 aromatic carbocycles. The van der Waals surface area contributed by atoms with Gasteiger partial charge in [-0.1, -0.05) is 0 Å². The third-order valence-electron chi connectivity index (χ3n) is 3.40. The number of nitrogens with one attached hydrogen (secondary N) is 1. The Hall–Kier alpha value is -1.15. The van der Waals surface area contributed by atoms with E-state index in [4.69, 9.17) is 4.74 Å². The summed E-state index contributed by atoms with van der Waals surface area (Å²) in [6.45, 7) is 5.47. The minimum absolute atomic E-state index is 0.0514. The zero-order valence-electron chi connectivity index (χ0n) is 12.6. The largest absolute Gasteiger partial charge is 0.382 e. The molecular formula is C13H24N2O5S. The van der Waals surface area contributed by atoms with E-state index < -0.39 is 21.7 Å². The smallest absolute Gasteiger partial charge is 0.312 e. The van der Waals surface area contributed by atoms with Crippen LogP contribution in [0.2, 0.25) is 0 Å². The standard InChI is InChI=1S/C13H24N2O5S/c1-3-15(11-6-9-21(18,19)10-11)13(17)12(16)14-7-5-8-20-4-2/h11H,3-10H2,1-2H3,(H,14,16). The molecule has 1 heterocycles. The fraction of sp³-hybridized carbons (Fsp3) is 0.846. The van der Waals surface area contributed by atoms with Crippen molar-refractivity contribution < 1.29 is 22.7 Å². The maximum atomic E-state index is 12.1. The second-order valence-corrected chi connectivity index (χ2v) is 7.18. The monoisotopic (exact) mass is 320 g/mol. The van der Waals surface area contributed by atoms with Crippen LogP contribution in [0.3, 0.4) is 0 Å². The molecular weight excluding hydrogens is 296 g/mol. The number of hydrogen-bond donors (Lipinski definition) is 1. The Morgan fingerprint density at radius 3 is 2.57 bits per heavy atom. The van der Waals surface area contributed by atoms with Crippen LogP contribution in [-0.4, -0.2) is 69.0 Å². The van der Waals surface area contributed by atoms with Gasteiger partial charge in [0.15, 0.2) is 9.84 Å². The number of amides is 2. The summed E-state index contributed by atoms with van der Waals surface area (Å²) in [5, 5.41) is 2.54. The average Bonchev–Trinajstić information content (AvgIpc) is 2.79. The first-order valence-electron chi connectivity index (χ1n) is 7.28. The Morgan fingerprint density at radius 2 is 2.05 bits per heavy atom. The summed E-state index contributed by atoms with van der Waals surface area (Å²) in [7, 11) is -3.08. The maximum Gasteiger partial charge on any atom is 0.312 e. The van der Waals surface area contributed by atoms with Crippen LogP contribution in [0.5, 0.6) is 0 Å². The summed E-state index contributed by atoms with van der Waals surface area (Å²) in [6, 6.07) is -0.387. The molecule has 0 aromatic heterocycles. The van der Waals surface area contributed by atoms with Gasteiger partial charge in [-0.05, 0) is 26.7 Å². The molecule has 0 aromatic rings. The highest BCUT2D eigenvalue weighted by atomic mass is 32.2. The number of rotatable bonds is 7. The molecule has 2 amide bonds. The molecule has 1 atom stereocenters. The zero-order valence-corrected chi connectivity index (χ0v) is 13.4. The van der Waals surface area contributed by atoms with E-state index in [1.165, 1.54) is 4.90 Å². The predicted molar refractivity (Wildman–Crippen MR) is 78.6 cm³/mol. The van der Waals surface area contributed by atoms with Crippen molar-refractivity contribution in [3.63, 3.8) is 0 Å². The second kappa shape index (κ2) is 8.33. The molecule has 1 saturated heterocycles. The average molecular weight is 320 g/mol. The maximum absolute atomic E-state index is 12.1. The molecule has 21 heavy (non-hydrogen) atoms. The molecule has 0 spiro atoms. The van der Waals surface area contributed by atoms with Crippen molar-refractivity contribution in [3.05, 3.63) is 0 Å². The zero-order chi connectivity index (χ0) is 15.9. The summed E-state index contributed by atoms with van der Waals surface area (Å²) in [5.74, 6) is -1.31. The van der Waals surface area contributed by atoms with Crippen LogP contribution < -0.4 is 5.32 Å². The van der Waals surface area contributed by atoms with Gasteiger partial charge in [0.25, 0.3) is 0 Å². The Bertz CT molecular complexity index is 463. The van der Waals surface area contributed by atoms with Crippen LogP contribution in [0.4, 0.5) is 0 Å². The van der Waals surface area contributed by atoms with Crippen LogP contribution in [0.1, 0.15) is 26.7 Å². The van der Waals surface area contributed by atoms with E-state index in [2.05, 4.69) is 5.32 Å². The van der Waals surface area contributed by atoms with Gasteiger partial charge in [0.05, 0.1) is 11.5 Å². The lowest BCUT2D eigenvalue weighted by Gasteiger charge is -2.26. The van der Waals surface area contributed by atoms with Crippen molar-refractivity contribution in [1.29, 1.82) is 0 Å². The fourth-order valence-electron chi connectivity index (χ4n) is 2.32. The van der Waals surface area contributed by atoms with Gasteiger partial charge in [0.2, 0.25) is 0 Å². The van der Waals surface area contributed by atoms with Gasteiger partial charge in [-0.3, -0.25) is 9.59 Å². The number of hydrogen-bond acceptors (Lipinski definition) is 5. The third-order valence-corrected chi connectivity index (χ3v) is 5.15. The molecule has 1 unspecified atom stereocenters. The van der Waals surface area contributed by atoms with Gasteiger partial charge in [-0.25, -0.2) is 8.42 Å².